The molecule has 1 aliphatic heterocycles. The fourth-order valence-electron chi connectivity index (χ4n) is 3.48. The number of rotatable bonds is 4. The summed E-state index contributed by atoms with van der Waals surface area (Å²) in [6, 6.07) is 11.8. The molecule has 138 valence electrons. The number of thiophene rings is 1. The number of pyridine rings is 1. The van der Waals surface area contributed by atoms with Gasteiger partial charge in [0.1, 0.15) is 0 Å². The van der Waals surface area contributed by atoms with Gasteiger partial charge in [-0.3, -0.25) is 14.6 Å². The lowest BCUT2D eigenvalue weighted by atomic mass is 9.95. The molecule has 6 heteroatoms. The van der Waals surface area contributed by atoms with Crippen LogP contribution in [0.5, 0.6) is 0 Å². The first-order chi connectivity index (χ1) is 13.2. The van der Waals surface area contributed by atoms with Gasteiger partial charge < -0.3 is 10.2 Å². The number of amides is 2. The Kier molecular flexibility index (Phi) is 5.16. The minimum Gasteiger partial charge on any atom is -0.352 e. The van der Waals surface area contributed by atoms with Crippen LogP contribution in [-0.2, 0) is 11.3 Å². The maximum atomic E-state index is 12.5. The summed E-state index contributed by atoms with van der Waals surface area (Å²) in [6.07, 6.45) is 4.65. The largest absolute Gasteiger partial charge is 0.352 e. The van der Waals surface area contributed by atoms with E-state index in [2.05, 4.69) is 39.9 Å². The Morgan fingerprint density at radius 3 is 2.67 bits per heavy atom. The van der Waals surface area contributed by atoms with E-state index in [1.54, 1.807) is 35.9 Å². The lowest BCUT2D eigenvalue weighted by Crippen LogP contribution is -2.42. The summed E-state index contributed by atoms with van der Waals surface area (Å²) >= 11 is 1.72. The summed E-state index contributed by atoms with van der Waals surface area (Å²) in [5.41, 5.74) is 1.76. The zero-order chi connectivity index (χ0) is 18.6. The van der Waals surface area contributed by atoms with Crippen LogP contribution in [0, 0.1) is 5.92 Å². The van der Waals surface area contributed by atoms with Gasteiger partial charge in [0.05, 0.1) is 0 Å². The summed E-state index contributed by atoms with van der Waals surface area (Å²) in [4.78, 5) is 30.7. The van der Waals surface area contributed by atoms with Crippen LogP contribution in [0.15, 0.2) is 54.2 Å². The molecule has 5 nitrogen and oxygen atoms in total. The molecule has 3 aromatic rings. The molecule has 0 atom stereocenters. The molecule has 1 aromatic carbocycles. The van der Waals surface area contributed by atoms with Crippen molar-refractivity contribution in [2.75, 3.05) is 13.1 Å². The van der Waals surface area contributed by atoms with Crippen molar-refractivity contribution in [1.82, 2.24) is 15.2 Å². The van der Waals surface area contributed by atoms with E-state index in [4.69, 9.17) is 0 Å². The number of piperidine rings is 1. The van der Waals surface area contributed by atoms with Crippen LogP contribution in [0.2, 0.25) is 0 Å². The average Bonchev–Trinajstić information content (AvgIpc) is 3.20. The third-order valence-electron chi connectivity index (χ3n) is 5.06. The predicted octanol–water partition coefficient (Wildman–Crippen LogP) is 3.46. The van der Waals surface area contributed by atoms with Gasteiger partial charge in [0.15, 0.2) is 0 Å². The fraction of sp³-hybridized carbons (Fsp3) is 0.286. The maximum absolute atomic E-state index is 12.5. The molecule has 1 saturated heterocycles. The molecule has 0 spiro atoms. The van der Waals surface area contributed by atoms with Crippen molar-refractivity contribution in [3.05, 3.63) is 65.3 Å². The van der Waals surface area contributed by atoms with Crippen LogP contribution < -0.4 is 5.32 Å². The van der Waals surface area contributed by atoms with E-state index in [0.29, 0.717) is 38.0 Å². The quantitative estimate of drug-likeness (QED) is 0.755. The standard InChI is InChI=1S/C21H21N3O2S/c25-20(23-14-15-1-2-19-18(13-15)7-12-27-19)16-5-10-24(11-6-16)21(26)17-3-8-22-9-4-17/h1-4,7-9,12-13,16H,5-6,10-11,14H2,(H,23,25). The molecule has 3 heterocycles. The van der Waals surface area contributed by atoms with Gasteiger partial charge in [-0.2, -0.15) is 0 Å². The number of hydrogen-bond donors (Lipinski definition) is 1. The Balaban J connectivity index is 1.29. The van der Waals surface area contributed by atoms with Crippen molar-refractivity contribution in [2.45, 2.75) is 19.4 Å². The number of nitrogens with one attached hydrogen (secondary N) is 1. The molecule has 0 saturated carbocycles. The highest BCUT2D eigenvalue weighted by molar-refractivity contribution is 7.17. The molecule has 0 radical (unpaired) electrons. The first-order valence-electron chi connectivity index (χ1n) is 9.14. The molecular formula is C21H21N3O2S. The third kappa shape index (κ3) is 4.01. The molecule has 0 bridgehead atoms. The van der Waals surface area contributed by atoms with E-state index < -0.39 is 0 Å². The fourth-order valence-corrected chi connectivity index (χ4v) is 4.25. The third-order valence-corrected chi connectivity index (χ3v) is 5.96. The molecule has 1 fully saturated rings. The van der Waals surface area contributed by atoms with Gasteiger partial charge >= 0.3 is 0 Å². The summed E-state index contributed by atoms with van der Waals surface area (Å²) in [7, 11) is 0. The Hall–Kier alpha value is -2.73. The molecule has 0 aliphatic carbocycles. The zero-order valence-corrected chi connectivity index (χ0v) is 15.7. The first kappa shape index (κ1) is 17.7. The Labute approximate surface area is 162 Å². The van der Waals surface area contributed by atoms with E-state index in [-0.39, 0.29) is 17.7 Å². The highest BCUT2D eigenvalue weighted by Gasteiger charge is 2.27. The second kappa shape index (κ2) is 7.88. The number of likely N-dealkylation sites (tertiary alicyclic amines) is 1. The average molecular weight is 379 g/mol. The van der Waals surface area contributed by atoms with Crippen LogP contribution in [-0.4, -0.2) is 34.8 Å². The molecule has 1 N–H and O–H groups in total. The van der Waals surface area contributed by atoms with E-state index in [9.17, 15) is 9.59 Å². The second-order valence-electron chi connectivity index (χ2n) is 6.81. The normalized spacial score (nSPS) is 15.0. The molecule has 2 amide bonds. The number of carbonyl (C=O) groups excluding carboxylic acids is 2. The van der Waals surface area contributed by atoms with Crippen LogP contribution in [0.25, 0.3) is 10.1 Å². The van der Waals surface area contributed by atoms with Crippen molar-refractivity contribution >= 4 is 33.2 Å². The van der Waals surface area contributed by atoms with Gasteiger partial charge in [-0.25, -0.2) is 0 Å². The molecule has 2 aromatic heterocycles. The lowest BCUT2D eigenvalue weighted by molar-refractivity contribution is -0.126. The van der Waals surface area contributed by atoms with Crippen LogP contribution in [0.4, 0.5) is 0 Å². The van der Waals surface area contributed by atoms with Crippen molar-refractivity contribution < 1.29 is 9.59 Å². The Morgan fingerprint density at radius 1 is 1.11 bits per heavy atom. The highest BCUT2D eigenvalue weighted by atomic mass is 32.1. The molecule has 1 aliphatic rings. The maximum Gasteiger partial charge on any atom is 0.253 e. The first-order valence-corrected chi connectivity index (χ1v) is 10.0. The number of hydrogen-bond acceptors (Lipinski definition) is 4. The van der Waals surface area contributed by atoms with E-state index in [0.717, 1.165) is 5.56 Å². The summed E-state index contributed by atoms with van der Waals surface area (Å²) in [5.74, 6) is 0.0631. The van der Waals surface area contributed by atoms with Crippen molar-refractivity contribution in [1.29, 1.82) is 0 Å². The monoisotopic (exact) mass is 379 g/mol. The van der Waals surface area contributed by atoms with Crippen LogP contribution in [0.3, 0.4) is 0 Å². The molecular weight excluding hydrogens is 358 g/mol. The van der Waals surface area contributed by atoms with Gasteiger partial charge in [-0.15, -0.1) is 11.3 Å². The Bertz CT molecular complexity index is 946. The SMILES string of the molecule is O=C(NCc1ccc2sccc2c1)C1CCN(C(=O)c2ccncc2)CC1. The number of benzene rings is 1. The van der Waals surface area contributed by atoms with E-state index in [1.165, 1.54) is 10.1 Å². The van der Waals surface area contributed by atoms with Crippen LogP contribution >= 0.6 is 11.3 Å². The topological polar surface area (TPSA) is 62.3 Å². The number of nitrogens with zero attached hydrogens (tertiary/aromatic N) is 2. The van der Waals surface area contributed by atoms with Crippen molar-refractivity contribution in [3.63, 3.8) is 0 Å². The minimum atomic E-state index is -0.0311. The molecule has 4 rings (SSSR count). The van der Waals surface area contributed by atoms with Gasteiger partial charge in [0.2, 0.25) is 5.91 Å². The Morgan fingerprint density at radius 2 is 1.89 bits per heavy atom. The summed E-state index contributed by atoms with van der Waals surface area (Å²) in [5, 5.41) is 6.35. The number of aromatic nitrogens is 1. The zero-order valence-electron chi connectivity index (χ0n) is 14.9. The van der Waals surface area contributed by atoms with Gasteiger partial charge in [0, 0.05) is 48.2 Å². The summed E-state index contributed by atoms with van der Waals surface area (Å²) in [6.45, 7) is 1.76. The number of fused-ring (bicyclic) bond motifs is 1. The second-order valence-corrected chi connectivity index (χ2v) is 7.76. The van der Waals surface area contributed by atoms with Gasteiger partial charge in [-0.05, 0) is 59.5 Å². The van der Waals surface area contributed by atoms with Crippen molar-refractivity contribution in [2.24, 2.45) is 5.92 Å². The summed E-state index contributed by atoms with van der Waals surface area (Å²) < 4.78 is 1.26. The van der Waals surface area contributed by atoms with Crippen molar-refractivity contribution in [3.8, 4) is 0 Å². The smallest absolute Gasteiger partial charge is 0.253 e. The molecule has 0 unspecified atom stereocenters. The van der Waals surface area contributed by atoms with E-state index >= 15 is 0 Å². The van der Waals surface area contributed by atoms with Gasteiger partial charge in [0.25, 0.3) is 5.91 Å². The predicted molar refractivity (Wildman–Crippen MR) is 107 cm³/mol. The van der Waals surface area contributed by atoms with E-state index in [1.807, 2.05) is 4.90 Å². The van der Waals surface area contributed by atoms with Gasteiger partial charge in [-0.1, -0.05) is 6.07 Å². The lowest BCUT2D eigenvalue weighted by Gasteiger charge is -2.31. The van der Waals surface area contributed by atoms with Crippen LogP contribution in [0.1, 0.15) is 28.8 Å². The molecule has 27 heavy (non-hydrogen) atoms. The highest BCUT2D eigenvalue weighted by Crippen LogP contribution is 2.22. The number of carbonyl (C=O) groups is 2. The minimum absolute atomic E-state index is 0.0142.